The Balaban J connectivity index is 2.23. The Morgan fingerprint density at radius 1 is 1.26 bits per heavy atom. The maximum absolute atomic E-state index is 11.8. The second kappa shape index (κ2) is 5.03. The van der Waals surface area contributed by atoms with E-state index in [1.165, 1.54) is 23.6 Å². The van der Waals surface area contributed by atoms with Crippen molar-refractivity contribution in [2.24, 2.45) is 0 Å². The molecule has 0 saturated carbocycles. The van der Waals surface area contributed by atoms with Crippen LogP contribution >= 0.6 is 0 Å². The van der Waals surface area contributed by atoms with E-state index < -0.39 is 0 Å². The van der Waals surface area contributed by atoms with Gasteiger partial charge in [-0.15, -0.1) is 0 Å². The Labute approximate surface area is 113 Å². The van der Waals surface area contributed by atoms with Gasteiger partial charge in [0.25, 0.3) is 0 Å². The number of ketones is 1. The third-order valence-corrected chi connectivity index (χ3v) is 3.66. The average Bonchev–Trinajstić information content (AvgIpc) is 2.64. The second-order valence-corrected chi connectivity index (χ2v) is 5.38. The fraction of sp³-hybridized carbons (Fsp3) is 0.467. The van der Waals surface area contributed by atoms with Gasteiger partial charge < -0.3 is 10.2 Å². The minimum absolute atomic E-state index is 0.00705. The van der Waals surface area contributed by atoms with Gasteiger partial charge in [0.1, 0.15) is 5.78 Å². The number of Topliss-reactive ketones (excluding diaryl/α,β-unsaturated/α-hetero) is 1. The van der Waals surface area contributed by atoms with Gasteiger partial charge in [0.05, 0.1) is 12.6 Å². The smallest absolute Gasteiger partial charge is 0.318 e. The lowest BCUT2D eigenvalue weighted by Gasteiger charge is -2.16. The first kappa shape index (κ1) is 13.6. The Kier molecular flexibility index (Phi) is 3.60. The SMILES string of the molecule is CC(=O)CN1CC(c2cc(C)c(C)cc2C)NC1=O. The Morgan fingerprint density at radius 3 is 2.53 bits per heavy atom. The molecule has 2 amide bonds. The number of amides is 2. The van der Waals surface area contributed by atoms with E-state index >= 15 is 0 Å². The number of hydrogen-bond donors (Lipinski definition) is 1. The van der Waals surface area contributed by atoms with E-state index in [0.29, 0.717) is 6.54 Å². The summed E-state index contributed by atoms with van der Waals surface area (Å²) in [5.41, 5.74) is 4.80. The molecular formula is C15H20N2O2. The summed E-state index contributed by atoms with van der Waals surface area (Å²) in [6.07, 6.45) is 0. The van der Waals surface area contributed by atoms with Gasteiger partial charge in [0.2, 0.25) is 0 Å². The van der Waals surface area contributed by atoms with Crippen molar-refractivity contribution in [1.82, 2.24) is 10.2 Å². The van der Waals surface area contributed by atoms with Crippen molar-refractivity contribution in [3.63, 3.8) is 0 Å². The number of nitrogens with one attached hydrogen (secondary N) is 1. The summed E-state index contributed by atoms with van der Waals surface area (Å²) >= 11 is 0. The molecular weight excluding hydrogens is 240 g/mol. The molecule has 0 spiro atoms. The zero-order valence-corrected chi connectivity index (χ0v) is 11.9. The highest BCUT2D eigenvalue weighted by molar-refractivity contribution is 5.85. The summed E-state index contributed by atoms with van der Waals surface area (Å²) in [5.74, 6) is 0.00705. The lowest BCUT2D eigenvalue weighted by molar-refractivity contribution is -0.117. The van der Waals surface area contributed by atoms with Gasteiger partial charge in [-0.1, -0.05) is 12.1 Å². The lowest BCUT2D eigenvalue weighted by atomic mass is 9.96. The first-order valence-corrected chi connectivity index (χ1v) is 6.51. The number of rotatable bonds is 3. The summed E-state index contributed by atoms with van der Waals surface area (Å²) in [6, 6.07) is 4.10. The van der Waals surface area contributed by atoms with Crippen LogP contribution in [0.25, 0.3) is 0 Å². The molecule has 19 heavy (non-hydrogen) atoms. The van der Waals surface area contributed by atoms with Gasteiger partial charge in [-0.2, -0.15) is 0 Å². The minimum atomic E-state index is -0.155. The Hall–Kier alpha value is -1.84. The maximum Gasteiger partial charge on any atom is 0.318 e. The van der Waals surface area contributed by atoms with Crippen molar-refractivity contribution in [2.45, 2.75) is 33.7 Å². The summed E-state index contributed by atoms with van der Waals surface area (Å²) in [6.45, 7) is 8.46. The van der Waals surface area contributed by atoms with Gasteiger partial charge in [-0.05, 0) is 49.9 Å². The zero-order chi connectivity index (χ0) is 14.2. The number of aryl methyl sites for hydroxylation is 3. The van der Waals surface area contributed by atoms with Crippen LogP contribution in [0.1, 0.15) is 35.2 Å². The Bertz CT molecular complexity index is 537. The predicted molar refractivity (Wildman–Crippen MR) is 74.2 cm³/mol. The molecule has 1 atom stereocenters. The highest BCUT2D eigenvalue weighted by Crippen LogP contribution is 2.25. The monoisotopic (exact) mass is 260 g/mol. The number of carbonyl (C=O) groups excluding carboxylic acids is 2. The van der Waals surface area contributed by atoms with Crippen molar-refractivity contribution in [3.8, 4) is 0 Å². The van der Waals surface area contributed by atoms with Crippen LogP contribution in [0.3, 0.4) is 0 Å². The van der Waals surface area contributed by atoms with Crippen LogP contribution in [0.2, 0.25) is 0 Å². The number of carbonyl (C=O) groups is 2. The van der Waals surface area contributed by atoms with Crippen LogP contribution < -0.4 is 5.32 Å². The van der Waals surface area contributed by atoms with E-state index in [1.54, 1.807) is 4.90 Å². The van der Waals surface area contributed by atoms with E-state index in [-0.39, 0.29) is 24.4 Å². The topological polar surface area (TPSA) is 49.4 Å². The average molecular weight is 260 g/mol. The molecule has 102 valence electrons. The summed E-state index contributed by atoms with van der Waals surface area (Å²) in [7, 11) is 0. The van der Waals surface area contributed by atoms with Crippen molar-refractivity contribution < 1.29 is 9.59 Å². The minimum Gasteiger partial charge on any atom is -0.329 e. The number of benzene rings is 1. The molecule has 1 aromatic carbocycles. The van der Waals surface area contributed by atoms with Gasteiger partial charge in [-0.3, -0.25) is 4.79 Å². The highest BCUT2D eigenvalue weighted by Gasteiger charge is 2.31. The van der Waals surface area contributed by atoms with Crippen molar-refractivity contribution in [1.29, 1.82) is 0 Å². The molecule has 1 heterocycles. The third-order valence-electron chi connectivity index (χ3n) is 3.66. The van der Waals surface area contributed by atoms with Crippen LogP contribution in [-0.4, -0.2) is 29.8 Å². The standard InChI is InChI=1S/C15H20N2O2/c1-9-5-11(3)13(6-10(9)2)14-8-17(7-12(4)18)15(19)16-14/h5-6,14H,7-8H2,1-4H3,(H,16,19). The van der Waals surface area contributed by atoms with E-state index in [1.807, 2.05) is 0 Å². The highest BCUT2D eigenvalue weighted by atomic mass is 16.2. The molecule has 1 aromatic rings. The van der Waals surface area contributed by atoms with E-state index in [4.69, 9.17) is 0 Å². The summed E-state index contributed by atoms with van der Waals surface area (Å²) in [4.78, 5) is 24.5. The van der Waals surface area contributed by atoms with Crippen molar-refractivity contribution in [2.75, 3.05) is 13.1 Å². The summed E-state index contributed by atoms with van der Waals surface area (Å²) < 4.78 is 0. The predicted octanol–water partition coefficient (Wildman–Crippen LogP) is 2.27. The fourth-order valence-corrected chi connectivity index (χ4v) is 2.53. The molecule has 4 heteroatoms. The van der Waals surface area contributed by atoms with Crippen LogP contribution in [0.5, 0.6) is 0 Å². The number of hydrogen-bond acceptors (Lipinski definition) is 2. The van der Waals surface area contributed by atoms with Crippen molar-refractivity contribution in [3.05, 3.63) is 34.4 Å². The molecule has 0 bridgehead atoms. The van der Waals surface area contributed by atoms with Crippen LogP contribution in [0.4, 0.5) is 4.79 Å². The van der Waals surface area contributed by atoms with E-state index in [2.05, 4.69) is 38.2 Å². The number of urea groups is 1. The quantitative estimate of drug-likeness (QED) is 0.906. The molecule has 0 aromatic heterocycles. The molecule has 1 unspecified atom stereocenters. The zero-order valence-electron chi connectivity index (χ0n) is 11.9. The normalized spacial score (nSPS) is 18.6. The van der Waals surface area contributed by atoms with Crippen LogP contribution in [-0.2, 0) is 4.79 Å². The molecule has 1 fully saturated rings. The lowest BCUT2D eigenvalue weighted by Crippen LogP contribution is -2.32. The summed E-state index contributed by atoms with van der Waals surface area (Å²) in [5, 5.41) is 2.95. The molecule has 0 radical (unpaired) electrons. The second-order valence-electron chi connectivity index (χ2n) is 5.38. The molecule has 1 N–H and O–H groups in total. The maximum atomic E-state index is 11.8. The van der Waals surface area contributed by atoms with E-state index in [0.717, 1.165) is 5.56 Å². The third kappa shape index (κ3) is 2.78. The Morgan fingerprint density at radius 2 is 1.89 bits per heavy atom. The molecule has 4 nitrogen and oxygen atoms in total. The fourth-order valence-electron chi connectivity index (χ4n) is 2.53. The van der Waals surface area contributed by atoms with Gasteiger partial charge in [0.15, 0.2) is 0 Å². The van der Waals surface area contributed by atoms with Gasteiger partial charge >= 0.3 is 6.03 Å². The molecule has 1 aliphatic heterocycles. The van der Waals surface area contributed by atoms with Crippen LogP contribution in [0.15, 0.2) is 12.1 Å². The van der Waals surface area contributed by atoms with Gasteiger partial charge in [0, 0.05) is 6.54 Å². The van der Waals surface area contributed by atoms with E-state index in [9.17, 15) is 9.59 Å². The van der Waals surface area contributed by atoms with Crippen molar-refractivity contribution >= 4 is 11.8 Å². The first-order chi connectivity index (χ1) is 8.88. The van der Waals surface area contributed by atoms with Crippen LogP contribution in [0, 0.1) is 20.8 Å². The molecule has 0 aliphatic carbocycles. The van der Waals surface area contributed by atoms with Gasteiger partial charge in [-0.25, -0.2) is 4.79 Å². The molecule has 1 aliphatic rings. The molecule has 2 rings (SSSR count). The molecule has 1 saturated heterocycles. The first-order valence-electron chi connectivity index (χ1n) is 6.51. The number of nitrogens with zero attached hydrogens (tertiary/aromatic N) is 1. The largest absolute Gasteiger partial charge is 0.329 e.